The van der Waals surface area contributed by atoms with Crippen molar-refractivity contribution < 1.29 is 19.0 Å². The van der Waals surface area contributed by atoms with Crippen LogP contribution in [0.5, 0.6) is 11.5 Å². The number of hydrogen-bond donors (Lipinski definition) is 0. The van der Waals surface area contributed by atoms with Crippen LogP contribution in [0.15, 0.2) is 30.5 Å². The van der Waals surface area contributed by atoms with Crippen molar-refractivity contribution in [2.45, 2.75) is 25.9 Å². The molecule has 1 amide bonds. The zero-order chi connectivity index (χ0) is 18.5. The molecule has 2 heterocycles. The highest BCUT2D eigenvalue weighted by atomic mass is 16.5. The standard InChI is InChI=1S/C19H25N3O4/c1-14-19-20-12-15(8-11-24-2)22(19)10-9-21(14)18(23)13-26-17-7-5-4-6-16(17)25-3/h4-7,12,14H,8-11,13H2,1-3H3/t14-/m0/s1. The molecule has 1 aromatic heterocycles. The van der Waals surface area contributed by atoms with Crippen LogP contribution in [0.2, 0.25) is 0 Å². The molecule has 0 radical (unpaired) electrons. The summed E-state index contributed by atoms with van der Waals surface area (Å²) in [6, 6.07) is 7.22. The van der Waals surface area contributed by atoms with Crippen molar-refractivity contribution in [3.05, 3.63) is 42.0 Å². The summed E-state index contributed by atoms with van der Waals surface area (Å²) in [4.78, 5) is 19.0. The molecule has 0 fully saturated rings. The van der Waals surface area contributed by atoms with E-state index in [9.17, 15) is 4.79 Å². The van der Waals surface area contributed by atoms with Crippen molar-refractivity contribution in [2.24, 2.45) is 0 Å². The summed E-state index contributed by atoms with van der Waals surface area (Å²) in [6.45, 7) is 4.01. The summed E-state index contributed by atoms with van der Waals surface area (Å²) >= 11 is 0. The van der Waals surface area contributed by atoms with Crippen LogP contribution in [0.25, 0.3) is 0 Å². The molecule has 26 heavy (non-hydrogen) atoms. The first kappa shape index (κ1) is 18.3. The molecular formula is C19H25N3O4. The second-order valence-electron chi connectivity index (χ2n) is 6.20. The maximum atomic E-state index is 12.7. The van der Waals surface area contributed by atoms with Crippen molar-refractivity contribution >= 4 is 5.91 Å². The molecule has 0 bridgehead atoms. The van der Waals surface area contributed by atoms with Crippen molar-refractivity contribution in [1.82, 2.24) is 14.5 Å². The van der Waals surface area contributed by atoms with Gasteiger partial charge in [0.05, 0.1) is 19.8 Å². The summed E-state index contributed by atoms with van der Waals surface area (Å²) in [5.41, 5.74) is 1.14. The quantitative estimate of drug-likeness (QED) is 0.757. The van der Waals surface area contributed by atoms with Gasteiger partial charge in [0.2, 0.25) is 0 Å². The molecule has 7 nitrogen and oxygen atoms in total. The molecule has 0 unspecified atom stereocenters. The van der Waals surface area contributed by atoms with Crippen molar-refractivity contribution in [2.75, 3.05) is 34.0 Å². The Morgan fingerprint density at radius 3 is 2.73 bits per heavy atom. The Balaban J connectivity index is 1.65. The second kappa shape index (κ2) is 8.23. The number of methoxy groups -OCH3 is 2. The highest BCUT2D eigenvalue weighted by Crippen LogP contribution is 2.28. The normalized spacial score (nSPS) is 16.3. The van der Waals surface area contributed by atoms with Gasteiger partial charge < -0.3 is 23.7 Å². The molecule has 2 aromatic rings. The van der Waals surface area contributed by atoms with Gasteiger partial charge in [-0.15, -0.1) is 0 Å². The smallest absolute Gasteiger partial charge is 0.261 e. The lowest BCUT2D eigenvalue weighted by Gasteiger charge is -2.34. The molecular weight excluding hydrogens is 334 g/mol. The Hall–Kier alpha value is -2.54. The van der Waals surface area contributed by atoms with Gasteiger partial charge in [-0.25, -0.2) is 4.98 Å². The lowest BCUT2D eigenvalue weighted by atomic mass is 10.2. The Morgan fingerprint density at radius 1 is 1.23 bits per heavy atom. The fourth-order valence-electron chi connectivity index (χ4n) is 3.27. The number of carbonyl (C=O) groups excluding carboxylic acids is 1. The van der Waals surface area contributed by atoms with Gasteiger partial charge in [0.25, 0.3) is 5.91 Å². The van der Waals surface area contributed by atoms with Crippen LogP contribution in [0.3, 0.4) is 0 Å². The van der Waals surface area contributed by atoms with Crippen molar-refractivity contribution in [3.8, 4) is 11.5 Å². The van der Waals surface area contributed by atoms with Gasteiger partial charge in [0, 0.05) is 38.5 Å². The maximum Gasteiger partial charge on any atom is 0.261 e. The maximum absolute atomic E-state index is 12.7. The van der Waals surface area contributed by atoms with Gasteiger partial charge in [-0.1, -0.05) is 12.1 Å². The van der Waals surface area contributed by atoms with Crippen molar-refractivity contribution in [1.29, 1.82) is 0 Å². The molecule has 1 aliphatic rings. The highest BCUT2D eigenvalue weighted by Gasteiger charge is 2.30. The highest BCUT2D eigenvalue weighted by molar-refractivity contribution is 5.78. The number of ether oxygens (including phenoxy) is 3. The Kier molecular flexibility index (Phi) is 5.78. The van der Waals surface area contributed by atoms with E-state index in [0.717, 1.165) is 24.5 Å². The van der Waals surface area contributed by atoms with E-state index in [4.69, 9.17) is 14.2 Å². The molecule has 0 aliphatic carbocycles. The molecule has 3 rings (SSSR count). The third kappa shape index (κ3) is 3.67. The lowest BCUT2D eigenvalue weighted by molar-refractivity contribution is -0.136. The van der Waals surface area contributed by atoms with E-state index in [-0.39, 0.29) is 18.6 Å². The molecule has 1 aromatic carbocycles. The lowest BCUT2D eigenvalue weighted by Crippen LogP contribution is -2.43. The summed E-state index contributed by atoms with van der Waals surface area (Å²) < 4.78 is 18.3. The average Bonchev–Trinajstić information content (AvgIpc) is 3.08. The van der Waals surface area contributed by atoms with Gasteiger partial charge in [-0.05, 0) is 19.1 Å². The summed E-state index contributed by atoms with van der Waals surface area (Å²) in [5.74, 6) is 2.03. The number of fused-ring (bicyclic) bond motifs is 1. The van der Waals surface area contributed by atoms with Gasteiger partial charge in [0.15, 0.2) is 18.1 Å². The van der Waals surface area contributed by atoms with Gasteiger partial charge in [-0.2, -0.15) is 0 Å². The number of nitrogens with zero attached hydrogens (tertiary/aromatic N) is 3. The number of para-hydroxylation sites is 2. The van der Waals surface area contributed by atoms with Crippen LogP contribution >= 0.6 is 0 Å². The van der Waals surface area contributed by atoms with E-state index in [1.165, 1.54) is 0 Å². The van der Waals surface area contributed by atoms with Gasteiger partial charge >= 0.3 is 0 Å². The minimum absolute atomic E-state index is 0.0258. The number of benzene rings is 1. The molecule has 7 heteroatoms. The number of amides is 1. The van der Waals surface area contributed by atoms with Crippen LogP contribution in [0, 0.1) is 0 Å². The first-order valence-corrected chi connectivity index (χ1v) is 8.74. The Bertz CT molecular complexity index is 759. The minimum atomic E-state index is -0.0891. The zero-order valence-corrected chi connectivity index (χ0v) is 15.5. The van der Waals surface area contributed by atoms with E-state index in [2.05, 4.69) is 9.55 Å². The van der Waals surface area contributed by atoms with Crippen LogP contribution in [0.4, 0.5) is 0 Å². The van der Waals surface area contributed by atoms with E-state index >= 15 is 0 Å². The van der Waals surface area contributed by atoms with Crippen LogP contribution in [-0.4, -0.2) is 54.3 Å². The van der Waals surface area contributed by atoms with Gasteiger partial charge in [0.1, 0.15) is 5.82 Å². The summed E-state index contributed by atoms with van der Waals surface area (Å²) in [5, 5.41) is 0. The molecule has 0 spiro atoms. The SMILES string of the molecule is COCCc1cnc2n1CCN(C(=O)COc1ccccc1OC)[C@H]2C. The van der Waals surface area contributed by atoms with E-state index in [0.29, 0.717) is 24.7 Å². The number of hydrogen-bond acceptors (Lipinski definition) is 5. The minimum Gasteiger partial charge on any atom is -0.493 e. The monoisotopic (exact) mass is 359 g/mol. The van der Waals surface area contributed by atoms with Gasteiger partial charge in [-0.3, -0.25) is 4.79 Å². The third-order valence-electron chi connectivity index (χ3n) is 4.68. The Morgan fingerprint density at radius 2 is 2.00 bits per heavy atom. The Labute approximate surface area is 153 Å². The molecule has 1 aliphatic heterocycles. The number of rotatable bonds is 7. The fourth-order valence-corrected chi connectivity index (χ4v) is 3.27. The van der Waals surface area contributed by atoms with Crippen molar-refractivity contribution in [3.63, 3.8) is 0 Å². The predicted octanol–water partition coefficient (Wildman–Crippen LogP) is 2.06. The molecule has 0 saturated heterocycles. The van der Waals surface area contributed by atoms with E-state index < -0.39 is 0 Å². The fraction of sp³-hybridized carbons (Fsp3) is 0.474. The molecule has 0 N–H and O–H groups in total. The number of aromatic nitrogens is 2. The third-order valence-corrected chi connectivity index (χ3v) is 4.68. The molecule has 1 atom stereocenters. The first-order chi connectivity index (χ1) is 12.7. The molecule has 0 saturated carbocycles. The van der Waals surface area contributed by atoms with E-state index in [1.54, 1.807) is 20.3 Å². The average molecular weight is 359 g/mol. The van der Waals surface area contributed by atoms with Crippen LogP contribution in [-0.2, 0) is 22.5 Å². The number of imidazole rings is 1. The molecule has 140 valence electrons. The van der Waals surface area contributed by atoms with Crippen LogP contribution in [0.1, 0.15) is 24.5 Å². The first-order valence-electron chi connectivity index (χ1n) is 8.74. The second-order valence-corrected chi connectivity index (χ2v) is 6.20. The summed E-state index contributed by atoms with van der Waals surface area (Å²) in [7, 11) is 3.27. The number of carbonyl (C=O) groups is 1. The largest absolute Gasteiger partial charge is 0.493 e. The topological polar surface area (TPSA) is 65.8 Å². The predicted molar refractivity (Wildman–Crippen MR) is 96.4 cm³/mol. The summed E-state index contributed by atoms with van der Waals surface area (Å²) in [6.07, 6.45) is 2.70. The van der Waals surface area contributed by atoms with E-state index in [1.807, 2.05) is 36.2 Å². The van der Waals surface area contributed by atoms with Crippen LogP contribution < -0.4 is 9.47 Å². The zero-order valence-electron chi connectivity index (χ0n) is 15.5.